The van der Waals surface area contributed by atoms with Crippen LogP contribution in [0.5, 0.6) is 0 Å². The molecule has 3 heteroatoms. The highest BCUT2D eigenvalue weighted by Gasteiger charge is 1.99. The number of alkyl halides is 1. The van der Waals surface area contributed by atoms with Crippen molar-refractivity contribution >= 4 is 15.9 Å². The van der Waals surface area contributed by atoms with Crippen molar-refractivity contribution in [3.63, 3.8) is 0 Å². The first-order valence-electron chi connectivity index (χ1n) is 4.44. The molecule has 0 spiro atoms. The largest absolute Gasteiger partial charge is 0.335 e. The van der Waals surface area contributed by atoms with E-state index >= 15 is 0 Å². The van der Waals surface area contributed by atoms with Crippen molar-refractivity contribution in [3.8, 4) is 0 Å². The Morgan fingerprint density at radius 3 is 3.00 bits per heavy atom. The Morgan fingerprint density at radius 2 is 2.33 bits per heavy atom. The second-order valence-corrected chi connectivity index (χ2v) is 3.57. The van der Waals surface area contributed by atoms with Crippen LogP contribution in [0, 0.1) is 0 Å². The lowest BCUT2D eigenvalue weighted by Gasteiger charge is -2.02. The average Bonchev–Trinajstić information content (AvgIpc) is 2.52. The highest BCUT2D eigenvalue weighted by molar-refractivity contribution is 9.09. The molecule has 0 aliphatic heterocycles. The zero-order valence-corrected chi connectivity index (χ0v) is 9.05. The number of halogens is 1. The van der Waals surface area contributed by atoms with Gasteiger partial charge >= 0.3 is 0 Å². The molecular formula is C9H15BrN2. The fourth-order valence-electron chi connectivity index (χ4n) is 1.23. The smallest absolute Gasteiger partial charge is 0.108 e. The van der Waals surface area contributed by atoms with E-state index in [1.165, 1.54) is 18.7 Å². The number of unbranched alkanes of at least 4 members (excludes halogenated alkanes) is 1. The standard InChI is InChI=1S/C9H15BrN2/c1-2-12-8-7-11-9(12)5-3-4-6-10/h7-8H,2-6H2,1H3. The Labute approximate surface area is 82.1 Å². The molecule has 0 fully saturated rings. The monoisotopic (exact) mass is 230 g/mol. The quantitative estimate of drug-likeness (QED) is 0.562. The fraction of sp³-hybridized carbons (Fsp3) is 0.667. The summed E-state index contributed by atoms with van der Waals surface area (Å²) in [4.78, 5) is 4.31. The highest BCUT2D eigenvalue weighted by atomic mass is 79.9. The Bertz CT molecular complexity index is 220. The van der Waals surface area contributed by atoms with Crippen molar-refractivity contribution in [1.82, 2.24) is 9.55 Å². The average molecular weight is 231 g/mol. The SMILES string of the molecule is CCn1ccnc1CCCCBr. The van der Waals surface area contributed by atoms with Crippen LogP contribution in [0.4, 0.5) is 0 Å². The number of nitrogens with zero attached hydrogens (tertiary/aromatic N) is 2. The maximum absolute atomic E-state index is 4.31. The Kier molecular flexibility index (Phi) is 4.36. The molecule has 2 nitrogen and oxygen atoms in total. The van der Waals surface area contributed by atoms with Crippen molar-refractivity contribution in [1.29, 1.82) is 0 Å². The molecule has 0 saturated carbocycles. The third-order valence-corrected chi connectivity index (χ3v) is 2.49. The molecule has 0 amide bonds. The number of aryl methyl sites for hydroxylation is 2. The Balaban J connectivity index is 2.39. The number of hydrogen-bond acceptors (Lipinski definition) is 1. The van der Waals surface area contributed by atoms with Gasteiger partial charge in [-0.3, -0.25) is 0 Å². The van der Waals surface area contributed by atoms with Gasteiger partial charge < -0.3 is 4.57 Å². The molecule has 1 aromatic rings. The number of hydrogen-bond donors (Lipinski definition) is 0. The summed E-state index contributed by atoms with van der Waals surface area (Å²) in [6, 6.07) is 0. The fourth-order valence-corrected chi connectivity index (χ4v) is 1.63. The van der Waals surface area contributed by atoms with Crippen LogP contribution in [0.1, 0.15) is 25.6 Å². The topological polar surface area (TPSA) is 17.8 Å². The van der Waals surface area contributed by atoms with Gasteiger partial charge in [0.25, 0.3) is 0 Å². The second-order valence-electron chi connectivity index (χ2n) is 2.78. The molecule has 0 aliphatic rings. The summed E-state index contributed by atoms with van der Waals surface area (Å²) >= 11 is 3.42. The molecule has 0 bridgehead atoms. The van der Waals surface area contributed by atoms with Gasteiger partial charge in [0.15, 0.2) is 0 Å². The summed E-state index contributed by atoms with van der Waals surface area (Å²) in [7, 11) is 0. The molecule has 0 atom stereocenters. The molecule has 0 N–H and O–H groups in total. The lowest BCUT2D eigenvalue weighted by molar-refractivity contribution is 0.664. The second kappa shape index (κ2) is 5.36. The van der Waals surface area contributed by atoms with E-state index in [0.29, 0.717) is 0 Å². The van der Waals surface area contributed by atoms with Gasteiger partial charge in [-0.1, -0.05) is 15.9 Å². The zero-order chi connectivity index (χ0) is 8.81. The van der Waals surface area contributed by atoms with Crippen LogP contribution in [-0.2, 0) is 13.0 Å². The van der Waals surface area contributed by atoms with Crippen LogP contribution < -0.4 is 0 Å². The Morgan fingerprint density at radius 1 is 1.50 bits per heavy atom. The molecule has 0 saturated heterocycles. The van der Waals surface area contributed by atoms with E-state index in [2.05, 4.69) is 32.4 Å². The van der Waals surface area contributed by atoms with Gasteiger partial charge in [0.05, 0.1) is 0 Å². The molecular weight excluding hydrogens is 216 g/mol. The summed E-state index contributed by atoms with van der Waals surface area (Å²) in [6.07, 6.45) is 7.49. The number of imidazole rings is 1. The van der Waals surface area contributed by atoms with Crippen molar-refractivity contribution < 1.29 is 0 Å². The summed E-state index contributed by atoms with van der Waals surface area (Å²) in [6.45, 7) is 3.18. The molecule has 1 rings (SSSR count). The summed E-state index contributed by atoms with van der Waals surface area (Å²) in [5.74, 6) is 1.22. The molecule has 0 radical (unpaired) electrons. The lowest BCUT2D eigenvalue weighted by Crippen LogP contribution is -2.00. The normalized spacial score (nSPS) is 10.5. The van der Waals surface area contributed by atoms with Crippen LogP contribution in [0.2, 0.25) is 0 Å². The molecule has 1 heterocycles. The summed E-state index contributed by atoms with van der Waals surface area (Å²) < 4.78 is 2.20. The van der Waals surface area contributed by atoms with Crippen molar-refractivity contribution in [2.24, 2.45) is 0 Å². The molecule has 0 aliphatic carbocycles. The van der Waals surface area contributed by atoms with Crippen LogP contribution in [0.15, 0.2) is 12.4 Å². The van der Waals surface area contributed by atoms with Gasteiger partial charge in [-0.05, 0) is 19.8 Å². The first-order chi connectivity index (χ1) is 5.88. The zero-order valence-electron chi connectivity index (χ0n) is 7.46. The lowest BCUT2D eigenvalue weighted by atomic mass is 10.2. The van der Waals surface area contributed by atoms with E-state index in [4.69, 9.17) is 0 Å². The molecule has 1 aromatic heterocycles. The third kappa shape index (κ3) is 2.63. The van der Waals surface area contributed by atoms with E-state index < -0.39 is 0 Å². The minimum atomic E-state index is 1.03. The van der Waals surface area contributed by atoms with Crippen molar-refractivity contribution in [2.75, 3.05) is 5.33 Å². The predicted molar refractivity (Wildman–Crippen MR) is 54.6 cm³/mol. The van der Waals surface area contributed by atoms with Gasteiger partial charge in [-0.2, -0.15) is 0 Å². The minimum absolute atomic E-state index is 1.03. The maximum Gasteiger partial charge on any atom is 0.108 e. The van der Waals surface area contributed by atoms with Gasteiger partial charge in [0.2, 0.25) is 0 Å². The molecule has 0 unspecified atom stereocenters. The predicted octanol–water partition coefficient (Wildman–Crippen LogP) is 2.62. The number of rotatable bonds is 5. The van der Waals surface area contributed by atoms with Gasteiger partial charge in [-0.25, -0.2) is 4.98 Å². The summed E-state index contributed by atoms with van der Waals surface area (Å²) in [5.41, 5.74) is 0. The first-order valence-corrected chi connectivity index (χ1v) is 5.56. The number of aromatic nitrogens is 2. The van der Waals surface area contributed by atoms with Crippen molar-refractivity contribution in [2.45, 2.75) is 32.7 Å². The van der Waals surface area contributed by atoms with Crippen LogP contribution in [0.25, 0.3) is 0 Å². The van der Waals surface area contributed by atoms with E-state index in [-0.39, 0.29) is 0 Å². The molecule has 0 aromatic carbocycles. The molecule has 68 valence electrons. The van der Waals surface area contributed by atoms with Crippen LogP contribution in [-0.4, -0.2) is 14.9 Å². The first kappa shape index (κ1) is 9.78. The third-order valence-electron chi connectivity index (χ3n) is 1.93. The maximum atomic E-state index is 4.31. The molecule has 12 heavy (non-hydrogen) atoms. The van der Waals surface area contributed by atoms with E-state index in [1.54, 1.807) is 0 Å². The van der Waals surface area contributed by atoms with Gasteiger partial charge in [-0.15, -0.1) is 0 Å². The van der Waals surface area contributed by atoms with E-state index in [9.17, 15) is 0 Å². The van der Waals surface area contributed by atoms with Gasteiger partial charge in [0.1, 0.15) is 5.82 Å². The highest BCUT2D eigenvalue weighted by Crippen LogP contribution is 2.04. The Hall–Kier alpha value is -0.310. The summed E-state index contributed by atoms with van der Waals surface area (Å²) in [5, 5.41) is 1.10. The van der Waals surface area contributed by atoms with Crippen LogP contribution >= 0.6 is 15.9 Å². The van der Waals surface area contributed by atoms with Crippen molar-refractivity contribution in [3.05, 3.63) is 18.2 Å². The minimum Gasteiger partial charge on any atom is -0.335 e. The van der Waals surface area contributed by atoms with Crippen LogP contribution in [0.3, 0.4) is 0 Å². The van der Waals surface area contributed by atoms with E-state index in [0.717, 1.165) is 18.3 Å². The van der Waals surface area contributed by atoms with E-state index in [1.807, 2.05) is 12.4 Å². The van der Waals surface area contributed by atoms with Gasteiger partial charge in [0, 0.05) is 30.7 Å².